The van der Waals surface area contributed by atoms with Crippen molar-refractivity contribution in [3.8, 4) is 0 Å². The summed E-state index contributed by atoms with van der Waals surface area (Å²) < 4.78 is 14.0. The van der Waals surface area contributed by atoms with E-state index in [1.54, 1.807) is 0 Å². The lowest BCUT2D eigenvalue weighted by Crippen LogP contribution is -2.67. The first-order valence-electron chi connectivity index (χ1n) is 10.6. The van der Waals surface area contributed by atoms with Crippen molar-refractivity contribution < 1.29 is 8.54 Å². The van der Waals surface area contributed by atoms with Crippen LogP contribution in [0.3, 0.4) is 0 Å². The van der Waals surface area contributed by atoms with E-state index in [0.29, 0.717) is 0 Å². The first-order chi connectivity index (χ1) is 13.1. The highest BCUT2D eigenvalue weighted by molar-refractivity contribution is 6.98. The van der Waals surface area contributed by atoms with Gasteiger partial charge in [0, 0.05) is 6.61 Å². The molecule has 1 saturated heterocycles. The molecule has 1 fully saturated rings. The Morgan fingerprint density at radius 3 is 1.67 bits per heavy atom. The lowest BCUT2D eigenvalue weighted by molar-refractivity contribution is 0.250. The van der Waals surface area contributed by atoms with Crippen LogP contribution in [0.15, 0.2) is 60.7 Å². The van der Waals surface area contributed by atoms with Gasteiger partial charge in [-0.3, -0.25) is 0 Å². The molecule has 2 aromatic carbocycles. The van der Waals surface area contributed by atoms with E-state index in [9.17, 15) is 0 Å². The molecule has 27 heavy (non-hydrogen) atoms. The van der Waals surface area contributed by atoms with Gasteiger partial charge in [-0.05, 0) is 35.9 Å². The molecular weight excluding hydrogens is 364 g/mol. The Balaban J connectivity index is 2.01. The maximum atomic E-state index is 7.17. The van der Waals surface area contributed by atoms with Gasteiger partial charge in [-0.25, -0.2) is 0 Å². The lowest BCUT2D eigenvalue weighted by Gasteiger charge is -2.38. The molecule has 0 saturated carbocycles. The average molecular weight is 399 g/mol. The Morgan fingerprint density at radius 2 is 1.11 bits per heavy atom. The smallest absolute Gasteiger partial charge is 0.396 e. The number of hydrogen-bond donors (Lipinski definition) is 0. The van der Waals surface area contributed by atoms with Gasteiger partial charge >= 0.3 is 8.56 Å². The minimum Gasteiger partial charge on any atom is -0.429 e. The van der Waals surface area contributed by atoms with Crippen molar-refractivity contribution in [3.63, 3.8) is 0 Å². The number of rotatable bonds is 2. The summed E-state index contributed by atoms with van der Waals surface area (Å²) in [7, 11) is -4.55. The van der Waals surface area contributed by atoms with Crippen molar-refractivity contribution in [2.75, 3.05) is 6.61 Å². The number of hydrogen-bond acceptors (Lipinski definition) is 2. The third-order valence-corrected chi connectivity index (χ3v) is 13.2. The largest absolute Gasteiger partial charge is 0.429 e. The van der Waals surface area contributed by atoms with Crippen LogP contribution >= 0.6 is 0 Å². The Morgan fingerprint density at radius 1 is 0.630 bits per heavy atom. The molecule has 0 N–H and O–H groups in total. The van der Waals surface area contributed by atoms with Crippen LogP contribution in [-0.4, -0.2) is 23.5 Å². The van der Waals surface area contributed by atoms with Gasteiger partial charge < -0.3 is 8.54 Å². The van der Waals surface area contributed by atoms with Crippen LogP contribution in [-0.2, 0) is 8.54 Å². The van der Waals surface area contributed by atoms with Gasteiger partial charge in [0.1, 0.15) is 0 Å². The molecule has 2 nitrogen and oxygen atoms in total. The third-order valence-electron chi connectivity index (χ3n) is 5.46. The van der Waals surface area contributed by atoms with Crippen LogP contribution in [0.2, 0.25) is 19.1 Å². The molecule has 146 valence electrons. The van der Waals surface area contributed by atoms with Gasteiger partial charge in [-0.15, -0.1) is 0 Å². The monoisotopic (exact) mass is 398 g/mol. The maximum absolute atomic E-state index is 7.17. The zero-order valence-corrected chi connectivity index (χ0v) is 19.0. The molecular formula is C23H34O2Si2. The average Bonchev–Trinajstić information content (AvgIpc) is 2.70. The quantitative estimate of drug-likeness (QED) is 0.645. The van der Waals surface area contributed by atoms with Gasteiger partial charge in [0.15, 0.2) is 8.32 Å². The minimum absolute atomic E-state index is 0.792. The van der Waals surface area contributed by atoms with E-state index in [-0.39, 0.29) is 0 Å². The zero-order chi connectivity index (χ0) is 19.0. The summed E-state index contributed by atoms with van der Waals surface area (Å²) >= 11 is 0. The Kier molecular flexibility index (Phi) is 7.47. The molecule has 0 atom stereocenters. The molecule has 1 aliphatic heterocycles. The van der Waals surface area contributed by atoms with E-state index < -0.39 is 16.9 Å². The van der Waals surface area contributed by atoms with Gasteiger partial charge in [-0.2, -0.15) is 0 Å². The number of benzene rings is 2. The van der Waals surface area contributed by atoms with Crippen molar-refractivity contribution in [1.82, 2.24) is 0 Å². The third kappa shape index (κ3) is 5.64. The van der Waals surface area contributed by atoms with Crippen LogP contribution in [0.4, 0.5) is 0 Å². The van der Waals surface area contributed by atoms with E-state index in [2.05, 4.69) is 73.8 Å². The summed E-state index contributed by atoms with van der Waals surface area (Å²) in [6.45, 7) is 5.55. The molecule has 3 rings (SSSR count). The van der Waals surface area contributed by atoms with Crippen molar-refractivity contribution >= 4 is 27.3 Å². The van der Waals surface area contributed by atoms with Gasteiger partial charge in [0.2, 0.25) is 0 Å². The normalized spacial score (nSPS) is 21.4. The topological polar surface area (TPSA) is 18.5 Å². The second kappa shape index (κ2) is 9.83. The fourth-order valence-corrected chi connectivity index (χ4v) is 12.2. The molecule has 0 spiro atoms. The van der Waals surface area contributed by atoms with Crippen molar-refractivity contribution in [2.24, 2.45) is 0 Å². The van der Waals surface area contributed by atoms with E-state index in [4.69, 9.17) is 8.54 Å². The van der Waals surface area contributed by atoms with Crippen LogP contribution in [0.25, 0.3) is 0 Å². The SMILES string of the molecule is C[Si]1(C)CCCCCCCCCO[Si](c2ccccc2)(c2ccccc2)O1. The van der Waals surface area contributed by atoms with Crippen LogP contribution < -0.4 is 10.4 Å². The molecule has 1 aliphatic rings. The molecule has 2 aromatic rings. The van der Waals surface area contributed by atoms with Crippen LogP contribution in [0.5, 0.6) is 0 Å². The summed E-state index contributed by atoms with van der Waals surface area (Å²) in [5, 5.41) is 2.48. The highest BCUT2D eigenvalue weighted by Gasteiger charge is 2.46. The predicted molar refractivity (Wildman–Crippen MR) is 120 cm³/mol. The molecule has 0 aromatic heterocycles. The van der Waals surface area contributed by atoms with E-state index in [1.807, 2.05) is 0 Å². The molecule has 0 radical (unpaired) electrons. The summed E-state index contributed by atoms with van der Waals surface area (Å²) in [6, 6.07) is 22.7. The highest BCUT2D eigenvalue weighted by Crippen LogP contribution is 2.24. The van der Waals surface area contributed by atoms with Gasteiger partial charge in [-0.1, -0.05) is 99.2 Å². The second-order valence-corrected chi connectivity index (χ2v) is 15.8. The molecule has 0 unspecified atom stereocenters. The molecule has 1 heterocycles. The van der Waals surface area contributed by atoms with E-state index in [1.165, 1.54) is 54.9 Å². The van der Waals surface area contributed by atoms with E-state index >= 15 is 0 Å². The Labute approximate surface area is 167 Å². The van der Waals surface area contributed by atoms with Crippen LogP contribution in [0, 0.1) is 0 Å². The minimum atomic E-state index is -2.70. The van der Waals surface area contributed by atoms with Crippen molar-refractivity contribution in [3.05, 3.63) is 60.7 Å². The highest BCUT2D eigenvalue weighted by atomic mass is 28.4. The molecule has 4 heteroatoms. The molecule has 0 bridgehead atoms. The summed E-state index contributed by atoms with van der Waals surface area (Å²) in [6.07, 6.45) is 9.07. The van der Waals surface area contributed by atoms with Gasteiger partial charge in [0.05, 0.1) is 0 Å². The first-order valence-corrected chi connectivity index (χ1v) is 15.5. The summed E-state index contributed by atoms with van der Waals surface area (Å²) in [5.41, 5.74) is 0. The standard InChI is InChI=1S/C23H34O2Si2/c1-26(2)21-15-7-5-3-4-6-14-20-24-27(25-26,22-16-10-8-11-17-22)23-18-12-9-13-19-23/h8-13,16-19H,3-7,14-15,20-21H2,1-2H3. The van der Waals surface area contributed by atoms with Crippen molar-refractivity contribution in [2.45, 2.75) is 64.1 Å². The van der Waals surface area contributed by atoms with Crippen molar-refractivity contribution in [1.29, 1.82) is 0 Å². The first kappa shape index (κ1) is 20.5. The fourth-order valence-electron chi connectivity index (χ4n) is 3.99. The Bertz CT molecular complexity index is 634. The molecule has 0 aliphatic carbocycles. The van der Waals surface area contributed by atoms with Gasteiger partial charge in [0.25, 0.3) is 0 Å². The summed E-state index contributed by atoms with van der Waals surface area (Å²) in [5.74, 6) is 0. The summed E-state index contributed by atoms with van der Waals surface area (Å²) in [4.78, 5) is 0. The molecule has 0 amide bonds. The lowest BCUT2D eigenvalue weighted by atomic mass is 10.1. The van der Waals surface area contributed by atoms with Crippen LogP contribution in [0.1, 0.15) is 44.9 Å². The maximum Gasteiger partial charge on any atom is 0.396 e. The Hall–Kier alpha value is -1.21. The zero-order valence-electron chi connectivity index (χ0n) is 17.0. The predicted octanol–water partition coefficient (Wildman–Crippen LogP) is 5.23. The fraction of sp³-hybridized carbons (Fsp3) is 0.478. The second-order valence-electron chi connectivity index (χ2n) is 8.28. The van der Waals surface area contributed by atoms with E-state index in [0.717, 1.165) is 13.0 Å².